The van der Waals surface area contributed by atoms with Crippen LogP contribution >= 0.6 is 0 Å². The fourth-order valence-corrected chi connectivity index (χ4v) is 5.81. The monoisotopic (exact) mass is 527 g/mol. The first-order valence-electron chi connectivity index (χ1n) is 13.2. The largest absolute Gasteiger partial charge is 0.493 e. The lowest BCUT2D eigenvalue weighted by Gasteiger charge is -2.29. The molecule has 0 N–H and O–H groups in total. The van der Waals surface area contributed by atoms with E-state index in [2.05, 4.69) is 29.7 Å². The number of esters is 2. The SMILES string of the molecule is CCOC(=O)c1c(-c2cccc3ccccc23)c(CCC(=O)OC)n2c1-c1cc(OC)c(OC)cc1C[C@@H]2C. The predicted octanol–water partition coefficient (Wildman–Crippen LogP) is 6.39. The van der Waals surface area contributed by atoms with Crippen molar-refractivity contribution >= 4 is 22.7 Å². The molecule has 0 aliphatic carbocycles. The Bertz CT molecular complexity index is 1560. The number of hydrogen-bond acceptors (Lipinski definition) is 6. The number of rotatable bonds is 8. The molecule has 2 heterocycles. The summed E-state index contributed by atoms with van der Waals surface area (Å²) in [4.78, 5) is 26.2. The van der Waals surface area contributed by atoms with Gasteiger partial charge in [-0.2, -0.15) is 0 Å². The molecule has 0 saturated heterocycles. The molecule has 1 aromatic heterocycles. The van der Waals surface area contributed by atoms with Crippen LogP contribution in [0.1, 0.15) is 47.9 Å². The van der Waals surface area contributed by atoms with Crippen molar-refractivity contribution in [2.24, 2.45) is 0 Å². The van der Waals surface area contributed by atoms with Crippen LogP contribution in [0.3, 0.4) is 0 Å². The minimum atomic E-state index is -0.400. The molecular weight excluding hydrogens is 494 g/mol. The first-order valence-corrected chi connectivity index (χ1v) is 13.2. The number of hydrogen-bond donors (Lipinski definition) is 0. The minimum Gasteiger partial charge on any atom is -0.493 e. The van der Waals surface area contributed by atoms with E-state index < -0.39 is 5.97 Å². The van der Waals surface area contributed by atoms with E-state index in [1.165, 1.54) is 7.11 Å². The van der Waals surface area contributed by atoms with Crippen molar-refractivity contribution in [2.75, 3.05) is 27.9 Å². The molecule has 202 valence electrons. The van der Waals surface area contributed by atoms with Crippen LogP contribution in [0.5, 0.6) is 11.5 Å². The molecule has 0 saturated carbocycles. The van der Waals surface area contributed by atoms with E-state index >= 15 is 0 Å². The van der Waals surface area contributed by atoms with Gasteiger partial charge in [-0.05, 0) is 60.7 Å². The molecule has 39 heavy (non-hydrogen) atoms. The Labute approximate surface area is 228 Å². The molecule has 1 aliphatic rings. The zero-order valence-electron chi connectivity index (χ0n) is 23.0. The van der Waals surface area contributed by atoms with Crippen LogP contribution in [0.2, 0.25) is 0 Å². The topological polar surface area (TPSA) is 76.0 Å². The highest BCUT2D eigenvalue weighted by Crippen LogP contribution is 2.49. The van der Waals surface area contributed by atoms with Crippen LogP contribution in [0.4, 0.5) is 0 Å². The van der Waals surface area contributed by atoms with Crippen LogP contribution in [-0.4, -0.2) is 44.4 Å². The Kier molecular flexibility index (Phi) is 7.33. The van der Waals surface area contributed by atoms with E-state index in [0.717, 1.165) is 50.8 Å². The highest BCUT2D eigenvalue weighted by Gasteiger charge is 2.36. The van der Waals surface area contributed by atoms with Crippen LogP contribution in [-0.2, 0) is 27.1 Å². The summed E-state index contributed by atoms with van der Waals surface area (Å²) in [6, 6.07) is 18.1. The predicted molar refractivity (Wildman–Crippen MR) is 151 cm³/mol. The van der Waals surface area contributed by atoms with Crippen LogP contribution in [0.15, 0.2) is 54.6 Å². The van der Waals surface area contributed by atoms with Gasteiger partial charge in [0.05, 0.1) is 45.6 Å². The average Bonchev–Trinajstić information content (AvgIpc) is 3.30. The highest BCUT2D eigenvalue weighted by atomic mass is 16.5. The molecule has 7 heteroatoms. The van der Waals surface area contributed by atoms with E-state index in [1.807, 2.05) is 36.4 Å². The Morgan fingerprint density at radius 2 is 1.67 bits per heavy atom. The summed E-state index contributed by atoms with van der Waals surface area (Å²) >= 11 is 0. The smallest absolute Gasteiger partial charge is 0.340 e. The minimum absolute atomic E-state index is 0.00940. The standard InChI is InChI=1S/C32H33NO6/c1-6-39-32(35)30-29(23-13-9-11-20-10-7-8-12-22(20)23)25(14-15-28(34)38-5)33-19(2)16-21-17-26(36-3)27(37-4)18-24(21)31(30)33/h7-13,17-19H,6,14-16H2,1-5H3/t19-/m0/s1. The van der Waals surface area contributed by atoms with Crippen molar-refractivity contribution in [1.29, 1.82) is 0 Å². The fraction of sp³-hybridized carbons (Fsp3) is 0.312. The van der Waals surface area contributed by atoms with Gasteiger partial charge in [-0.25, -0.2) is 4.79 Å². The average molecular weight is 528 g/mol. The number of aromatic nitrogens is 1. The second kappa shape index (κ2) is 10.8. The number of nitrogens with zero attached hydrogens (tertiary/aromatic N) is 1. The Balaban J connectivity index is 1.91. The number of ether oxygens (including phenoxy) is 4. The molecule has 0 amide bonds. The van der Waals surface area contributed by atoms with Gasteiger partial charge in [0.1, 0.15) is 0 Å². The molecular formula is C32H33NO6. The first-order chi connectivity index (χ1) is 18.9. The summed E-state index contributed by atoms with van der Waals surface area (Å²) < 4.78 is 24.1. The van der Waals surface area contributed by atoms with Gasteiger partial charge in [0.2, 0.25) is 0 Å². The first kappa shape index (κ1) is 26.4. The molecule has 1 aliphatic heterocycles. The summed E-state index contributed by atoms with van der Waals surface area (Å²) in [5.74, 6) is 0.517. The molecule has 0 bridgehead atoms. The second-order valence-corrected chi connectivity index (χ2v) is 9.66. The van der Waals surface area contributed by atoms with Crippen LogP contribution in [0.25, 0.3) is 33.2 Å². The normalized spacial score (nSPS) is 13.9. The number of fused-ring (bicyclic) bond motifs is 4. The highest BCUT2D eigenvalue weighted by molar-refractivity contribution is 6.10. The molecule has 3 aromatic carbocycles. The maximum atomic E-state index is 13.9. The van der Waals surface area contributed by atoms with Gasteiger partial charge >= 0.3 is 11.9 Å². The third-order valence-corrected chi connectivity index (χ3v) is 7.46. The van der Waals surface area contributed by atoms with Crippen LogP contribution < -0.4 is 9.47 Å². The summed E-state index contributed by atoms with van der Waals surface area (Å²) in [7, 11) is 4.61. The summed E-state index contributed by atoms with van der Waals surface area (Å²) in [5, 5.41) is 2.08. The van der Waals surface area contributed by atoms with E-state index in [4.69, 9.17) is 18.9 Å². The molecule has 1 atom stereocenters. The quantitative estimate of drug-likeness (QED) is 0.247. The fourth-order valence-electron chi connectivity index (χ4n) is 5.81. The van der Waals surface area contributed by atoms with Gasteiger partial charge in [0, 0.05) is 22.9 Å². The molecule has 0 spiro atoms. The van der Waals surface area contributed by atoms with E-state index in [0.29, 0.717) is 23.5 Å². The van der Waals surface area contributed by atoms with E-state index in [-0.39, 0.29) is 25.0 Å². The Hall–Kier alpha value is -4.26. The van der Waals surface area contributed by atoms with E-state index in [1.54, 1.807) is 21.1 Å². The van der Waals surface area contributed by atoms with Crippen molar-refractivity contribution in [3.63, 3.8) is 0 Å². The molecule has 0 unspecified atom stereocenters. The van der Waals surface area contributed by atoms with Gasteiger partial charge in [-0.15, -0.1) is 0 Å². The zero-order chi connectivity index (χ0) is 27.7. The van der Waals surface area contributed by atoms with Gasteiger partial charge in [-0.3, -0.25) is 4.79 Å². The lowest BCUT2D eigenvalue weighted by molar-refractivity contribution is -0.140. The molecule has 5 rings (SSSR count). The third kappa shape index (κ3) is 4.52. The summed E-state index contributed by atoms with van der Waals surface area (Å²) in [6.07, 6.45) is 1.32. The molecule has 0 fully saturated rings. The molecule has 4 aromatic rings. The maximum Gasteiger partial charge on any atom is 0.340 e. The van der Waals surface area contributed by atoms with Crippen molar-refractivity contribution in [3.05, 3.63) is 71.4 Å². The van der Waals surface area contributed by atoms with Gasteiger partial charge < -0.3 is 23.5 Å². The zero-order valence-corrected chi connectivity index (χ0v) is 23.0. The number of methoxy groups -OCH3 is 3. The maximum absolute atomic E-state index is 13.9. The lowest BCUT2D eigenvalue weighted by Crippen LogP contribution is -2.20. The summed E-state index contributed by atoms with van der Waals surface area (Å²) in [6.45, 7) is 4.18. The van der Waals surface area contributed by atoms with Crippen molar-refractivity contribution in [1.82, 2.24) is 4.57 Å². The van der Waals surface area contributed by atoms with Gasteiger partial charge in [0.15, 0.2) is 11.5 Å². The number of benzene rings is 3. The lowest BCUT2D eigenvalue weighted by atomic mass is 9.90. The van der Waals surface area contributed by atoms with E-state index in [9.17, 15) is 9.59 Å². The number of carbonyl (C=O) groups is 2. The van der Waals surface area contributed by atoms with Crippen LogP contribution in [0, 0.1) is 0 Å². The van der Waals surface area contributed by atoms with Gasteiger partial charge in [0.25, 0.3) is 0 Å². The Morgan fingerprint density at radius 3 is 2.38 bits per heavy atom. The van der Waals surface area contributed by atoms with Gasteiger partial charge in [-0.1, -0.05) is 42.5 Å². The third-order valence-electron chi connectivity index (χ3n) is 7.46. The van der Waals surface area contributed by atoms with Crippen molar-refractivity contribution in [2.45, 2.75) is 39.2 Å². The second-order valence-electron chi connectivity index (χ2n) is 9.66. The Morgan fingerprint density at radius 1 is 0.949 bits per heavy atom. The van der Waals surface area contributed by atoms with Crippen molar-refractivity contribution < 1.29 is 28.5 Å². The molecule has 7 nitrogen and oxygen atoms in total. The van der Waals surface area contributed by atoms with Crippen molar-refractivity contribution in [3.8, 4) is 33.9 Å². The molecule has 0 radical (unpaired) electrons. The summed E-state index contributed by atoms with van der Waals surface area (Å²) in [5.41, 5.74) is 5.83. The number of carbonyl (C=O) groups excluding carboxylic acids is 2.